The van der Waals surface area contributed by atoms with Crippen molar-refractivity contribution in [2.45, 2.75) is 18.3 Å². The summed E-state index contributed by atoms with van der Waals surface area (Å²) in [7, 11) is 0. The maximum Gasteiger partial charge on any atom is 0.230 e. The lowest BCUT2D eigenvalue weighted by Crippen LogP contribution is -1.90. The molecule has 0 bridgehead atoms. The summed E-state index contributed by atoms with van der Waals surface area (Å²) in [4.78, 5) is 9.01. The summed E-state index contributed by atoms with van der Waals surface area (Å²) >= 11 is 3.48. The van der Waals surface area contributed by atoms with Crippen LogP contribution in [0.5, 0.6) is 0 Å². The van der Waals surface area contributed by atoms with E-state index in [2.05, 4.69) is 55.3 Å². The van der Waals surface area contributed by atoms with Crippen LogP contribution in [0.15, 0.2) is 63.9 Å². The highest BCUT2D eigenvalue weighted by atomic mass is 79.9. The first-order valence-electron chi connectivity index (χ1n) is 7.81. The number of rotatable bonds is 3. The molecule has 118 valence electrons. The van der Waals surface area contributed by atoms with E-state index in [0.717, 1.165) is 22.2 Å². The van der Waals surface area contributed by atoms with Gasteiger partial charge in [0.15, 0.2) is 0 Å². The molecule has 1 aliphatic carbocycles. The third-order valence-corrected chi connectivity index (χ3v) is 4.94. The summed E-state index contributed by atoms with van der Waals surface area (Å²) < 4.78 is 8.46. The van der Waals surface area contributed by atoms with Crippen LogP contribution in [0.25, 0.3) is 17.2 Å². The van der Waals surface area contributed by atoms with Gasteiger partial charge in [-0.15, -0.1) is 0 Å². The van der Waals surface area contributed by atoms with Gasteiger partial charge in [-0.1, -0.05) is 35.5 Å². The van der Waals surface area contributed by atoms with Gasteiger partial charge in [-0.25, -0.2) is 4.98 Å². The molecule has 24 heavy (non-hydrogen) atoms. The smallest absolute Gasteiger partial charge is 0.230 e. The fraction of sp³-hybridized carbons (Fsp3) is 0.167. The van der Waals surface area contributed by atoms with E-state index in [9.17, 15) is 0 Å². The van der Waals surface area contributed by atoms with Crippen molar-refractivity contribution in [3.8, 4) is 11.5 Å². The van der Waals surface area contributed by atoms with Crippen molar-refractivity contribution in [3.63, 3.8) is 0 Å². The number of halogens is 1. The Bertz CT molecular complexity index is 1020. The molecule has 0 unspecified atom stereocenters. The minimum atomic E-state index is 0.319. The number of benzene rings is 1. The van der Waals surface area contributed by atoms with Crippen LogP contribution in [0.4, 0.5) is 0 Å². The normalized spacial score (nSPS) is 19.7. The lowest BCUT2D eigenvalue weighted by Gasteiger charge is -1.97. The fourth-order valence-corrected chi connectivity index (χ4v) is 3.48. The molecule has 0 saturated heterocycles. The third kappa shape index (κ3) is 2.26. The Kier molecular flexibility index (Phi) is 3.06. The predicted octanol–water partition coefficient (Wildman–Crippen LogP) is 4.42. The molecule has 5 rings (SSSR count). The molecule has 1 aromatic carbocycles. The minimum Gasteiger partial charge on any atom is -0.339 e. The van der Waals surface area contributed by atoms with Gasteiger partial charge >= 0.3 is 0 Å². The molecule has 1 saturated carbocycles. The number of hydrogen-bond acceptors (Lipinski definition) is 4. The van der Waals surface area contributed by atoms with Crippen molar-refractivity contribution in [3.05, 3.63) is 70.8 Å². The molecule has 0 aliphatic heterocycles. The predicted molar refractivity (Wildman–Crippen MR) is 92.7 cm³/mol. The van der Waals surface area contributed by atoms with Crippen molar-refractivity contribution >= 4 is 21.6 Å². The first-order valence-corrected chi connectivity index (χ1v) is 8.60. The molecule has 0 spiro atoms. The molecule has 1 aliphatic rings. The molecule has 0 radical (unpaired) electrons. The second-order valence-corrected chi connectivity index (χ2v) is 6.95. The van der Waals surface area contributed by atoms with E-state index in [-0.39, 0.29) is 0 Å². The van der Waals surface area contributed by atoms with E-state index in [4.69, 9.17) is 4.52 Å². The largest absolute Gasteiger partial charge is 0.339 e. The van der Waals surface area contributed by atoms with Crippen molar-refractivity contribution in [2.24, 2.45) is 0 Å². The Labute approximate surface area is 146 Å². The standard InChI is InChI=1S/C18H13BrN4O/c19-12-6-7-16-20-9-15(23(16)10-12)17-21-18(24-22-17)14-8-13(14)11-4-2-1-3-5-11/h1-7,9-10,13-14H,8H2/t13-,14+/m0/s1. The molecule has 3 aromatic heterocycles. The van der Waals surface area contributed by atoms with Gasteiger partial charge in [0, 0.05) is 16.6 Å². The number of nitrogens with zero attached hydrogens (tertiary/aromatic N) is 4. The van der Waals surface area contributed by atoms with E-state index in [1.165, 1.54) is 5.56 Å². The zero-order valence-corrected chi connectivity index (χ0v) is 14.2. The van der Waals surface area contributed by atoms with Crippen LogP contribution in [-0.4, -0.2) is 19.5 Å². The highest BCUT2D eigenvalue weighted by molar-refractivity contribution is 9.10. The van der Waals surface area contributed by atoms with Crippen LogP contribution in [0.3, 0.4) is 0 Å². The summed E-state index contributed by atoms with van der Waals surface area (Å²) in [5, 5.41) is 4.17. The van der Waals surface area contributed by atoms with Crippen molar-refractivity contribution in [2.75, 3.05) is 0 Å². The van der Waals surface area contributed by atoms with Gasteiger partial charge in [0.05, 0.1) is 6.20 Å². The first-order chi connectivity index (χ1) is 11.8. The summed E-state index contributed by atoms with van der Waals surface area (Å²) in [6.45, 7) is 0. The van der Waals surface area contributed by atoms with E-state index in [1.54, 1.807) is 6.20 Å². The van der Waals surface area contributed by atoms with Crippen LogP contribution in [0.2, 0.25) is 0 Å². The molecular weight excluding hydrogens is 368 g/mol. The Hall–Kier alpha value is -2.47. The van der Waals surface area contributed by atoms with Crippen LogP contribution in [-0.2, 0) is 0 Å². The SMILES string of the molecule is Brc1ccc2ncc(-c3noc([C@@H]4C[C@H]4c4ccccc4)n3)n2c1. The summed E-state index contributed by atoms with van der Waals surface area (Å²) in [5.74, 6) is 2.09. The Morgan fingerprint density at radius 3 is 2.83 bits per heavy atom. The number of hydrogen-bond donors (Lipinski definition) is 0. The number of fused-ring (bicyclic) bond motifs is 1. The highest BCUT2D eigenvalue weighted by Gasteiger charge is 2.43. The lowest BCUT2D eigenvalue weighted by atomic mass is 10.1. The maximum absolute atomic E-state index is 5.53. The van der Waals surface area contributed by atoms with Gasteiger partial charge < -0.3 is 4.52 Å². The Balaban J connectivity index is 1.46. The van der Waals surface area contributed by atoms with Crippen molar-refractivity contribution in [1.82, 2.24) is 19.5 Å². The molecule has 2 atom stereocenters. The van der Waals surface area contributed by atoms with Gasteiger partial charge in [0.25, 0.3) is 0 Å². The van der Waals surface area contributed by atoms with Gasteiger partial charge in [-0.05, 0) is 46.0 Å². The number of pyridine rings is 1. The van der Waals surface area contributed by atoms with E-state index >= 15 is 0 Å². The van der Waals surface area contributed by atoms with Crippen LogP contribution in [0, 0.1) is 0 Å². The summed E-state index contributed by atoms with van der Waals surface area (Å²) in [5.41, 5.74) is 3.02. The number of aromatic nitrogens is 4. The van der Waals surface area contributed by atoms with Crippen LogP contribution >= 0.6 is 15.9 Å². The molecule has 4 aromatic rings. The third-order valence-electron chi connectivity index (χ3n) is 4.48. The zero-order valence-electron chi connectivity index (χ0n) is 12.6. The topological polar surface area (TPSA) is 56.2 Å². The molecular formula is C18H13BrN4O. The van der Waals surface area contributed by atoms with E-state index < -0.39 is 0 Å². The van der Waals surface area contributed by atoms with Gasteiger partial charge in [0.1, 0.15) is 11.3 Å². The molecule has 0 N–H and O–H groups in total. The van der Waals surface area contributed by atoms with E-state index in [1.807, 2.05) is 28.8 Å². The second kappa shape index (κ2) is 5.27. The zero-order chi connectivity index (χ0) is 16.1. The Morgan fingerprint density at radius 1 is 1.08 bits per heavy atom. The summed E-state index contributed by atoms with van der Waals surface area (Å²) in [6, 6.07) is 14.4. The fourth-order valence-electron chi connectivity index (χ4n) is 3.15. The average molecular weight is 381 g/mol. The van der Waals surface area contributed by atoms with Gasteiger partial charge in [-0.2, -0.15) is 4.98 Å². The van der Waals surface area contributed by atoms with Gasteiger partial charge in [-0.3, -0.25) is 4.40 Å². The molecule has 6 heteroatoms. The lowest BCUT2D eigenvalue weighted by molar-refractivity contribution is 0.378. The monoisotopic (exact) mass is 380 g/mol. The van der Waals surface area contributed by atoms with Crippen molar-refractivity contribution < 1.29 is 4.52 Å². The average Bonchev–Trinajstić information content (AvgIpc) is 3.07. The quantitative estimate of drug-likeness (QED) is 0.527. The van der Waals surface area contributed by atoms with Crippen LogP contribution < -0.4 is 0 Å². The molecule has 0 amide bonds. The van der Waals surface area contributed by atoms with Gasteiger partial charge in [0.2, 0.25) is 11.7 Å². The van der Waals surface area contributed by atoms with Crippen LogP contribution in [0.1, 0.15) is 29.7 Å². The molecule has 1 fully saturated rings. The summed E-state index contributed by atoms with van der Waals surface area (Å²) in [6.07, 6.45) is 4.79. The number of imidazole rings is 1. The molecule has 5 nitrogen and oxygen atoms in total. The van der Waals surface area contributed by atoms with Crippen molar-refractivity contribution in [1.29, 1.82) is 0 Å². The molecule has 3 heterocycles. The van der Waals surface area contributed by atoms with E-state index in [0.29, 0.717) is 23.6 Å². The Morgan fingerprint density at radius 2 is 1.96 bits per heavy atom. The first kappa shape index (κ1) is 13.9. The maximum atomic E-state index is 5.53. The highest BCUT2D eigenvalue weighted by Crippen LogP contribution is 2.54. The second-order valence-electron chi connectivity index (χ2n) is 6.03. The minimum absolute atomic E-state index is 0.319.